The van der Waals surface area contributed by atoms with Crippen molar-refractivity contribution in [2.24, 2.45) is 5.73 Å². The zero-order valence-corrected chi connectivity index (χ0v) is 7.58. The van der Waals surface area contributed by atoms with E-state index in [1.54, 1.807) is 36.4 Å². The summed E-state index contributed by atoms with van der Waals surface area (Å²) in [5.41, 5.74) is 5.20. The highest BCUT2D eigenvalue weighted by Crippen LogP contribution is 1.97. The fraction of sp³-hybridized carbons (Fsp3) is 0.800. The minimum Gasteiger partial charge on any atom is -0.461 e. The first-order valence-corrected chi connectivity index (χ1v) is 3.88. The Morgan fingerprint density at radius 1 is 1.67 bits per heavy atom. The van der Waals surface area contributed by atoms with Crippen molar-refractivity contribution in [3.63, 3.8) is 0 Å². The van der Waals surface area contributed by atoms with Crippen LogP contribution in [0.2, 0.25) is 0 Å². The Morgan fingerprint density at radius 2 is 2.11 bits per heavy atom. The molecule has 0 bridgehead atoms. The number of alkyl halides is 1. The van der Waals surface area contributed by atoms with Gasteiger partial charge in [0.2, 0.25) is 0 Å². The lowest BCUT2D eigenvalue weighted by molar-refractivity contribution is -0.146. The van der Waals surface area contributed by atoms with Crippen LogP contribution in [0.25, 0.3) is 0 Å². The lowest BCUT2D eigenvalue weighted by Crippen LogP contribution is -2.27. The average molecular weight is 243 g/mol. The van der Waals surface area contributed by atoms with E-state index in [1.807, 2.05) is 0 Å². The molecule has 0 aromatic carbocycles. The molecule has 0 aromatic rings. The van der Waals surface area contributed by atoms with Gasteiger partial charge in [-0.05, 0) is 13.8 Å². The molecule has 0 radical (unpaired) electrons. The van der Waals surface area contributed by atoms with E-state index in [0.717, 1.165) is 0 Å². The molecule has 0 heterocycles. The average Bonchev–Trinajstić information content (AvgIpc) is 1.63. The quantitative estimate of drug-likeness (QED) is 0.335. The molecule has 2 N–H and O–H groups in total. The number of carbonyl (C=O) groups is 1. The standard InChI is InChI=1S/C5H10INO2/c1-3(2)9-5(8)4(6)7/h3-4H,7H2,1-2H3. The predicted molar refractivity (Wildman–Crippen MR) is 43.2 cm³/mol. The van der Waals surface area contributed by atoms with Gasteiger partial charge in [0, 0.05) is 0 Å². The molecule has 9 heavy (non-hydrogen) atoms. The second kappa shape index (κ2) is 4.05. The van der Waals surface area contributed by atoms with Gasteiger partial charge in [0.15, 0.2) is 4.05 Å². The maximum atomic E-state index is 10.6. The SMILES string of the molecule is CC(C)OC(=O)C(N)I. The van der Waals surface area contributed by atoms with Crippen molar-refractivity contribution in [3.8, 4) is 0 Å². The normalized spacial score (nSPS) is 13.4. The van der Waals surface area contributed by atoms with E-state index in [4.69, 9.17) is 10.5 Å². The fourth-order valence-corrected chi connectivity index (χ4v) is 0.444. The Kier molecular flexibility index (Phi) is 4.12. The van der Waals surface area contributed by atoms with Crippen LogP contribution in [0.5, 0.6) is 0 Å². The van der Waals surface area contributed by atoms with Gasteiger partial charge in [-0.2, -0.15) is 0 Å². The van der Waals surface area contributed by atoms with E-state index in [1.165, 1.54) is 0 Å². The molecule has 0 aromatic heterocycles. The molecule has 0 aliphatic rings. The van der Waals surface area contributed by atoms with Gasteiger partial charge in [-0.15, -0.1) is 0 Å². The first-order chi connectivity index (χ1) is 4.04. The number of rotatable bonds is 2. The maximum absolute atomic E-state index is 10.6. The molecule has 0 saturated heterocycles. The van der Waals surface area contributed by atoms with Crippen molar-refractivity contribution in [1.82, 2.24) is 0 Å². The van der Waals surface area contributed by atoms with Gasteiger partial charge in [-0.3, -0.25) is 0 Å². The van der Waals surface area contributed by atoms with Gasteiger partial charge in [0.05, 0.1) is 6.10 Å². The number of ether oxygens (including phenoxy) is 1. The molecule has 1 atom stereocenters. The molecule has 0 amide bonds. The highest BCUT2D eigenvalue weighted by Gasteiger charge is 2.10. The van der Waals surface area contributed by atoms with Crippen LogP contribution >= 0.6 is 22.6 Å². The molecule has 4 heteroatoms. The fourth-order valence-electron chi connectivity index (χ4n) is 0.297. The van der Waals surface area contributed by atoms with Gasteiger partial charge >= 0.3 is 5.97 Å². The molecule has 3 nitrogen and oxygen atoms in total. The molecule has 0 spiro atoms. The van der Waals surface area contributed by atoms with Gasteiger partial charge in [-0.25, -0.2) is 4.79 Å². The van der Waals surface area contributed by atoms with Gasteiger partial charge in [0.1, 0.15) is 0 Å². The largest absolute Gasteiger partial charge is 0.461 e. The van der Waals surface area contributed by atoms with Crippen LogP contribution in [-0.2, 0) is 9.53 Å². The van der Waals surface area contributed by atoms with Crippen molar-refractivity contribution < 1.29 is 9.53 Å². The van der Waals surface area contributed by atoms with E-state index < -0.39 is 4.05 Å². The van der Waals surface area contributed by atoms with Crippen LogP contribution in [-0.4, -0.2) is 16.1 Å². The minimum absolute atomic E-state index is 0.0710. The van der Waals surface area contributed by atoms with Crippen LogP contribution in [0, 0.1) is 0 Å². The van der Waals surface area contributed by atoms with Crippen molar-refractivity contribution in [3.05, 3.63) is 0 Å². The molecule has 0 aliphatic carbocycles. The number of esters is 1. The van der Waals surface area contributed by atoms with Crippen LogP contribution in [0.4, 0.5) is 0 Å². The molecule has 54 valence electrons. The van der Waals surface area contributed by atoms with Crippen molar-refractivity contribution in [2.45, 2.75) is 24.0 Å². The topological polar surface area (TPSA) is 52.3 Å². The lowest BCUT2D eigenvalue weighted by atomic mass is 10.5. The highest BCUT2D eigenvalue weighted by atomic mass is 127. The Morgan fingerprint density at radius 3 is 2.22 bits per heavy atom. The third-order valence-electron chi connectivity index (χ3n) is 0.577. The molecule has 0 fully saturated rings. The maximum Gasteiger partial charge on any atom is 0.333 e. The van der Waals surface area contributed by atoms with Crippen LogP contribution in [0.3, 0.4) is 0 Å². The number of halogens is 1. The van der Waals surface area contributed by atoms with Crippen LogP contribution in [0.1, 0.15) is 13.8 Å². The van der Waals surface area contributed by atoms with E-state index in [0.29, 0.717) is 0 Å². The summed E-state index contributed by atoms with van der Waals surface area (Å²) in [4.78, 5) is 10.6. The van der Waals surface area contributed by atoms with Crippen LogP contribution in [0.15, 0.2) is 0 Å². The van der Waals surface area contributed by atoms with Crippen molar-refractivity contribution in [1.29, 1.82) is 0 Å². The first kappa shape index (κ1) is 9.16. The number of carbonyl (C=O) groups excluding carboxylic acids is 1. The second-order valence-electron chi connectivity index (χ2n) is 1.89. The first-order valence-electron chi connectivity index (χ1n) is 2.64. The summed E-state index contributed by atoms with van der Waals surface area (Å²) in [5.74, 6) is -0.356. The Hall–Kier alpha value is 0.160. The summed E-state index contributed by atoms with van der Waals surface area (Å²) in [6.07, 6.45) is -0.0710. The smallest absolute Gasteiger partial charge is 0.333 e. The molecule has 1 unspecified atom stereocenters. The monoisotopic (exact) mass is 243 g/mol. The summed E-state index contributed by atoms with van der Waals surface area (Å²) in [7, 11) is 0. The van der Waals surface area contributed by atoms with E-state index >= 15 is 0 Å². The zero-order valence-electron chi connectivity index (χ0n) is 5.43. The van der Waals surface area contributed by atoms with Crippen LogP contribution < -0.4 is 5.73 Å². The van der Waals surface area contributed by atoms with E-state index in [-0.39, 0.29) is 12.1 Å². The second-order valence-corrected chi connectivity index (χ2v) is 3.23. The van der Waals surface area contributed by atoms with Gasteiger partial charge < -0.3 is 10.5 Å². The highest BCUT2D eigenvalue weighted by molar-refractivity contribution is 14.1. The molecular formula is C5H10INO2. The number of hydrogen-bond acceptors (Lipinski definition) is 3. The molecular weight excluding hydrogens is 233 g/mol. The predicted octanol–water partition coefficient (Wildman–Crippen LogP) is 0.658. The van der Waals surface area contributed by atoms with Crippen molar-refractivity contribution >= 4 is 28.6 Å². The molecule has 0 saturated carbocycles. The minimum atomic E-state index is -0.537. The third-order valence-corrected chi connectivity index (χ3v) is 1.09. The van der Waals surface area contributed by atoms with E-state index in [9.17, 15) is 4.79 Å². The summed E-state index contributed by atoms with van der Waals surface area (Å²) < 4.78 is 4.20. The summed E-state index contributed by atoms with van der Waals surface area (Å²) in [6, 6.07) is 0. The zero-order chi connectivity index (χ0) is 7.44. The Balaban J connectivity index is 3.51. The third kappa shape index (κ3) is 4.65. The number of nitrogens with two attached hydrogens (primary N) is 1. The lowest BCUT2D eigenvalue weighted by Gasteiger charge is -2.08. The van der Waals surface area contributed by atoms with Gasteiger partial charge in [-0.1, -0.05) is 22.6 Å². The summed E-state index contributed by atoms with van der Waals surface area (Å²) in [5, 5.41) is 0. The summed E-state index contributed by atoms with van der Waals surface area (Å²) in [6.45, 7) is 3.58. The molecule has 0 rings (SSSR count). The van der Waals surface area contributed by atoms with E-state index in [2.05, 4.69) is 0 Å². The van der Waals surface area contributed by atoms with Crippen molar-refractivity contribution in [2.75, 3.05) is 0 Å². The van der Waals surface area contributed by atoms with Gasteiger partial charge in [0.25, 0.3) is 0 Å². The number of hydrogen-bond donors (Lipinski definition) is 1. The Labute approximate surface area is 68.1 Å². The summed E-state index contributed by atoms with van der Waals surface area (Å²) >= 11 is 1.81. The Bertz CT molecular complexity index is 103. The molecule has 0 aliphatic heterocycles.